The molecule has 1 aliphatic carbocycles. The molecule has 0 spiro atoms. The van der Waals surface area contributed by atoms with Gasteiger partial charge in [0.25, 0.3) is 0 Å². The van der Waals surface area contributed by atoms with Crippen molar-refractivity contribution in [1.82, 2.24) is 9.88 Å². The van der Waals surface area contributed by atoms with E-state index in [0.717, 1.165) is 25.6 Å². The lowest BCUT2D eigenvalue weighted by molar-refractivity contribution is 0.436. The van der Waals surface area contributed by atoms with Crippen LogP contribution in [-0.2, 0) is 13.1 Å². The summed E-state index contributed by atoms with van der Waals surface area (Å²) in [6.07, 6.45) is 10.6. The smallest absolute Gasteiger partial charge is 0.0359 e. The SMILES string of the molecule is CCn1cccc1CNCC1CC=CCC1. The monoisotopic (exact) mass is 218 g/mol. The van der Waals surface area contributed by atoms with Crippen molar-refractivity contribution in [2.75, 3.05) is 6.54 Å². The number of allylic oxidation sites excluding steroid dienone is 2. The summed E-state index contributed by atoms with van der Waals surface area (Å²) in [6, 6.07) is 4.33. The van der Waals surface area contributed by atoms with Gasteiger partial charge in [-0.15, -0.1) is 0 Å². The second-order valence-electron chi connectivity index (χ2n) is 4.57. The topological polar surface area (TPSA) is 17.0 Å². The highest BCUT2D eigenvalue weighted by Crippen LogP contribution is 2.17. The maximum atomic E-state index is 3.58. The van der Waals surface area contributed by atoms with Gasteiger partial charge in [0.15, 0.2) is 0 Å². The standard InChI is InChI=1S/C14H22N2/c1-2-16-10-6-9-14(16)12-15-11-13-7-4-3-5-8-13/h3-4,6,9-10,13,15H,2,5,7-8,11-12H2,1H3. The molecule has 0 amide bonds. The van der Waals surface area contributed by atoms with Crippen molar-refractivity contribution in [3.63, 3.8) is 0 Å². The third kappa shape index (κ3) is 2.99. The quantitative estimate of drug-likeness (QED) is 0.752. The predicted octanol–water partition coefficient (Wildman–Crippen LogP) is 2.95. The second kappa shape index (κ2) is 5.90. The molecule has 1 aromatic heterocycles. The Bertz CT molecular complexity index is 338. The van der Waals surface area contributed by atoms with Crippen molar-refractivity contribution in [3.05, 3.63) is 36.2 Å². The van der Waals surface area contributed by atoms with Gasteiger partial charge in [0.1, 0.15) is 0 Å². The number of hydrogen-bond acceptors (Lipinski definition) is 1. The van der Waals surface area contributed by atoms with Crippen LogP contribution in [0.5, 0.6) is 0 Å². The summed E-state index contributed by atoms with van der Waals surface area (Å²) in [7, 11) is 0. The number of aryl methyl sites for hydroxylation is 1. The molecule has 2 heteroatoms. The summed E-state index contributed by atoms with van der Waals surface area (Å²) < 4.78 is 2.30. The lowest BCUT2D eigenvalue weighted by Crippen LogP contribution is -2.24. The highest BCUT2D eigenvalue weighted by Gasteiger charge is 2.09. The molecule has 0 fully saturated rings. The molecule has 1 aromatic rings. The third-order valence-electron chi connectivity index (χ3n) is 3.38. The predicted molar refractivity (Wildman–Crippen MR) is 68.3 cm³/mol. The minimum absolute atomic E-state index is 0.843. The van der Waals surface area contributed by atoms with E-state index in [2.05, 4.69) is 47.3 Å². The molecule has 0 saturated carbocycles. The highest BCUT2D eigenvalue weighted by molar-refractivity contribution is 5.06. The maximum absolute atomic E-state index is 3.58. The van der Waals surface area contributed by atoms with Gasteiger partial charge in [0.05, 0.1) is 0 Å². The fourth-order valence-electron chi connectivity index (χ4n) is 2.36. The first-order valence-corrected chi connectivity index (χ1v) is 6.40. The minimum atomic E-state index is 0.843. The zero-order chi connectivity index (χ0) is 11.2. The van der Waals surface area contributed by atoms with Gasteiger partial charge >= 0.3 is 0 Å². The molecule has 1 N–H and O–H groups in total. The van der Waals surface area contributed by atoms with Crippen LogP contribution in [0.4, 0.5) is 0 Å². The van der Waals surface area contributed by atoms with Gasteiger partial charge in [-0.2, -0.15) is 0 Å². The number of hydrogen-bond donors (Lipinski definition) is 1. The van der Waals surface area contributed by atoms with E-state index in [1.807, 2.05) is 0 Å². The molecule has 1 unspecified atom stereocenters. The molecule has 2 nitrogen and oxygen atoms in total. The molecule has 0 saturated heterocycles. The number of nitrogens with zero attached hydrogens (tertiary/aromatic N) is 1. The van der Waals surface area contributed by atoms with E-state index < -0.39 is 0 Å². The van der Waals surface area contributed by atoms with Crippen molar-refractivity contribution < 1.29 is 0 Å². The number of nitrogens with one attached hydrogen (secondary N) is 1. The summed E-state index contributed by atoms with van der Waals surface area (Å²) in [4.78, 5) is 0. The molecule has 0 aromatic carbocycles. The molecule has 1 aliphatic rings. The minimum Gasteiger partial charge on any atom is -0.351 e. The van der Waals surface area contributed by atoms with E-state index in [0.29, 0.717) is 0 Å². The van der Waals surface area contributed by atoms with Crippen LogP contribution >= 0.6 is 0 Å². The Morgan fingerprint density at radius 2 is 2.38 bits per heavy atom. The molecule has 2 rings (SSSR count). The van der Waals surface area contributed by atoms with Gasteiger partial charge < -0.3 is 9.88 Å². The van der Waals surface area contributed by atoms with Crippen molar-refractivity contribution in [2.24, 2.45) is 5.92 Å². The Morgan fingerprint density at radius 3 is 3.12 bits per heavy atom. The van der Waals surface area contributed by atoms with Crippen LogP contribution in [0, 0.1) is 5.92 Å². The Hall–Kier alpha value is -1.02. The largest absolute Gasteiger partial charge is 0.351 e. The normalized spacial score (nSPS) is 20.2. The first-order valence-electron chi connectivity index (χ1n) is 6.40. The van der Waals surface area contributed by atoms with Crippen LogP contribution in [-0.4, -0.2) is 11.1 Å². The fourth-order valence-corrected chi connectivity index (χ4v) is 2.36. The zero-order valence-corrected chi connectivity index (χ0v) is 10.2. The summed E-state index contributed by atoms with van der Waals surface area (Å²) in [5, 5.41) is 3.58. The third-order valence-corrected chi connectivity index (χ3v) is 3.38. The van der Waals surface area contributed by atoms with Gasteiger partial charge in [-0.1, -0.05) is 12.2 Å². The van der Waals surface area contributed by atoms with E-state index in [9.17, 15) is 0 Å². The van der Waals surface area contributed by atoms with Crippen LogP contribution < -0.4 is 5.32 Å². The molecule has 1 heterocycles. The van der Waals surface area contributed by atoms with Gasteiger partial charge in [0.2, 0.25) is 0 Å². The van der Waals surface area contributed by atoms with Crippen molar-refractivity contribution >= 4 is 0 Å². The molecular weight excluding hydrogens is 196 g/mol. The highest BCUT2D eigenvalue weighted by atomic mass is 15.0. The van der Waals surface area contributed by atoms with Gasteiger partial charge in [-0.3, -0.25) is 0 Å². The van der Waals surface area contributed by atoms with Crippen molar-refractivity contribution in [3.8, 4) is 0 Å². The fraction of sp³-hybridized carbons (Fsp3) is 0.571. The van der Waals surface area contributed by atoms with Gasteiger partial charge in [0, 0.05) is 25.0 Å². The first-order chi connectivity index (χ1) is 7.90. The molecule has 0 aliphatic heterocycles. The van der Waals surface area contributed by atoms with E-state index in [4.69, 9.17) is 0 Å². The Morgan fingerprint density at radius 1 is 1.44 bits per heavy atom. The Kier molecular flexibility index (Phi) is 4.23. The van der Waals surface area contributed by atoms with Crippen molar-refractivity contribution in [2.45, 2.75) is 39.3 Å². The molecular formula is C14H22N2. The zero-order valence-electron chi connectivity index (χ0n) is 10.2. The number of rotatable bonds is 5. The average molecular weight is 218 g/mol. The molecule has 1 atom stereocenters. The number of aromatic nitrogens is 1. The van der Waals surface area contributed by atoms with Crippen LogP contribution in [0.1, 0.15) is 31.9 Å². The molecule has 0 bridgehead atoms. The summed E-state index contributed by atoms with van der Waals surface area (Å²) in [6.45, 7) is 5.41. The Balaban J connectivity index is 1.73. The molecule has 0 radical (unpaired) electrons. The van der Waals surface area contributed by atoms with Crippen LogP contribution in [0.3, 0.4) is 0 Å². The average Bonchev–Trinajstić information content (AvgIpc) is 2.78. The summed E-state index contributed by atoms with van der Waals surface area (Å²) >= 11 is 0. The molecule has 16 heavy (non-hydrogen) atoms. The molecule has 88 valence electrons. The van der Waals surface area contributed by atoms with Gasteiger partial charge in [-0.25, -0.2) is 0 Å². The van der Waals surface area contributed by atoms with Gasteiger partial charge in [-0.05, 0) is 50.8 Å². The van der Waals surface area contributed by atoms with Crippen molar-refractivity contribution in [1.29, 1.82) is 0 Å². The van der Waals surface area contributed by atoms with E-state index >= 15 is 0 Å². The van der Waals surface area contributed by atoms with Crippen LogP contribution in [0.15, 0.2) is 30.5 Å². The Labute approximate surface area is 98.4 Å². The van der Waals surface area contributed by atoms with Crippen LogP contribution in [0.25, 0.3) is 0 Å². The van der Waals surface area contributed by atoms with E-state index in [1.54, 1.807) is 0 Å². The summed E-state index contributed by atoms with van der Waals surface area (Å²) in [5.74, 6) is 0.843. The van der Waals surface area contributed by atoms with E-state index in [-0.39, 0.29) is 0 Å². The van der Waals surface area contributed by atoms with E-state index in [1.165, 1.54) is 25.0 Å². The lowest BCUT2D eigenvalue weighted by Gasteiger charge is -2.18. The summed E-state index contributed by atoms with van der Waals surface area (Å²) in [5.41, 5.74) is 1.40. The first kappa shape index (κ1) is 11.5. The second-order valence-corrected chi connectivity index (χ2v) is 4.57. The lowest BCUT2D eigenvalue weighted by atomic mass is 9.94. The van der Waals surface area contributed by atoms with Crippen LogP contribution in [0.2, 0.25) is 0 Å². The maximum Gasteiger partial charge on any atom is 0.0359 e.